The summed E-state index contributed by atoms with van der Waals surface area (Å²) in [6.07, 6.45) is 5.69. The summed E-state index contributed by atoms with van der Waals surface area (Å²) in [7, 11) is 0. The highest BCUT2D eigenvalue weighted by Crippen LogP contribution is 2.28. The molecule has 1 aliphatic heterocycles. The number of hydrogen-bond acceptors (Lipinski definition) is 7. The fourth-order valence-electron chi connectivity index (χ4n) is 3.25. The molecule has 0 fully saturated rings. The minimum Gasteiger partial charge on any atom is -0.366 e. The number of aryl methyl sites for hydroxylation is 1. The van der Waals surface area contributed by atoms with Crippen LogP contribution < -0.4 is 16.2 Å². The highest BCUT2D eigenvalue weighted by Gasteiger charge is 2.16. The van der Waals surface area contributed by atoms with Crippen LogP contribution in [0.1, 0.15) is 22.4 Å². The molecule has 3 N–H and O–H groups in total. The normalized spacial score (nSPS) is 12.6. The van der Waals surface area contributed by atoms with Crippen LogP contribution in [0.4, 0.5) is 5.82 Å². The van der Waals surface area contributed by atoms with Crippen LogP contribution in [0.3, 0.4) is 0 Å². The second-order valence-electron chi connectivity index (χ2n) is 6.63. The molecule has 3 heterocycles. The van der Waals surface area contributed by atoms with E-state index in [1.54, 1.807) is 18.3 Å². The molecule has 0 spiro atoms. The van der Waals surface area contributed by atoms with Gasteiger partial charge in [0.25, 0.3) is 0 Å². The van der Waals surface area contributed by atoms with Crippen molar-refractivity contribution >= 4 is 11.9 Å². The zero-order chi connectivity index (χ0) is 19.5. The van der Waals surface area contributed by atoms with Crippen molar-refractivity contribution in [2.45, 2.75) is 20.0 Å². The quantitative estimate of drug-likeness (QED) is 0.404. The van der Waals surface area contributed by atoms with Gasteiger partial charge in [-0.3, -0.25) is 4.98 Å². The van der Waals surface area contributed by atoms with Crippen molar-refractivity contribution in [3.63, 3.8) is 0 Å². The van der Waals surface area contributed by atoms with E-state index >= 15 is 0 Å². The number of hydrazine groups is 1. The molecule has 7 heteroatoms. The molecule has 140 valence electrons. The molecule has 0 atom stereocenters. The van der Waals surface area contributed by atoms with Crippen molar-refractivity contribution < 1.29 is 0 Å². The molecular formula is C21H20N6O. The first-order valence-corrected chi connectivity index (χ1v) is 8.95. The first kappa shape index (κ1) is 17.8. The Kier molecular flexibility index (Phi) is 4.82. The number of nitroso groups, excluding NO2 is 1. The molecule has 1 aromatic carbocycles. The van der Waals surface area contributed by atoms with Crippen LogP contribution in [-0.4, -0.2) is 9.97 Å². The third-order valence-corrected chi connectivity index (χ3v) is 4.77. The number of nitrogens with two attached hydrogens (primary N) is 1. The Morgan fingerprint density at radius 3 is 2.96 bits per heavy atom. The van der Waals surface area contributed by atoms with Crippen molar-refractivity contribution in [2.75, 3.05) is 5.01 Å². The Bertz CT molecular complexity index is 1060. The van der Waals surface area contributed by atoms with Gasteiger partial charge in [0, 0.05) is 24.5 Å². The van der Waals surface area contributed by atoms with Crippen molar-refractivity contribution in [1.29, 1.82) is 0 Å². The summed E-state index contributed by atoms with van der Waals surface area (Å²) < 4.78 is 0. The first-order chi connectivity index (χ1) is 13.7. The number of aromatic nitrogens is 2. The van der Waals surface area contributed by atoms with Crippen molar-refractivity contribution in [3.05, 3.63) is 88.0 Å². The highest BCUT2D eigenvalue weighted by atomic mass is 16.3. The standard InChI is InChI=1S/C21H20N6O/c1-14-7-8-23-13-19(14)16-6-5-15-10-21(24-11-17(15)9-16)27(22)20-4-2-3-18(26-20)12-25-28/h2-10,13,24H,11-12,22H2,1H3. The fraction of sp³-hybridized carbons (Fsp3) is 0.143. The number of hydrogen-bond donors (Lipinski definition) is 2. The van der Waals surface area contributed by atoms with Gasteiger partial charge in [-0.25, -0.2) is 15.8 Å². The van der Waals surface area contributed by atoms with Crippen LogP contribution in [0.15, 0.2) is 65.9 Å². The SMILES string of the molecule is Cc1ccncc1-c1ccc2c(c1)CNC(N(N)c1cccc(CN=O)n1)=C2. The Labute approximate surface area is 162 Å². The summed E-state index contributed by atoms with van der Waals surface area (Å²) in [6.45, 7) is 2.76. The van der Waals surface area contributed by atoms with Gasteiger partial charge in [0.2, 0.25) is 0 Å². The van der Waals surface area contributed by atoms with Gasteiger partial charge in [-0.05, 0) is 59.5 Å². The third kappa shape index (κ3) is 3.47. The molecule has 0 aliphatic carbocycles. The molecule has 7 nitrogen and oxygen atoms in total. The van der Waals surface area contributed by atoms with E-state index in [0.29, 0.717) is 18.1 Å². The topological polar surface area (TPSA) is 96.5 Å². The zero-order valence-electron chi connectivity index (χ0n) is 15.5. The van der Waals surface area contributed by atoms with E-state index in [0.717, 1.165) is 22.5 Å². The van der Waals surface area contributed by atoms with E-state index in [9.17, 15) is 4.91 Å². The number of benzene rings is 1. The van der Waals surface area contributed by atoms with Crippen molar-refractivity contribution in [3.8, 4) is 11.1 Å². The number of anilines is 1. The van der Waals surface area contributed by atoms with E-state index in [1.807, 2.05) is 24.4 Å². The van der Waals surface area contributed by atoms with Gasteiger partial charge in [0.05, 0.1) is 5.69 Å². The van der Waals surface area contributed by atoms with Crippen LogP contribution >= 0.6 is 0 Å². The van der Waals surface area contributed by atoms with E-state index in [-0.39, 0.29) is 6.54 Å². The molecule has 0 saturated carbocycles. The van der Waals surface area contributed by atoms with E-state index in [1.165, 1.54) is 16.1 Å². The average molecular weight is 372 g/mol. The maximum absolute atomic E-state index is 10.5. The first-order valence-electron chi connectivity index (χ1n) is 8.95. The van der Waals surface area contributed by atoms with Crippen molar-refractivity contribution in [1.82, 2.24) is 15.3 Å². The molecule has 0 amide bonds. The minimum atomic E-state index is 0.0214. The smallest absolute Gasteiger partial charge is 0.148 e. The molecule has 4 rings (SSSR count). The molecule has 0 bridgehead atoms. The Morgan fingerprint density at radius 1 is 1.25 bits per heavy atom. The predicted molar refractivity (Wildman–Crippen MR) is 110 cm³/mol. The zero-order valence-corrected chi connectivity index (χ0v) is 15.5. The van der Waals surface area contributed by atoms with Crippen LogP contribution in [0.25, 0.3) is 17.2 Å². The second-order valence-corrected chi connectivity index (χ2v) is 6.63. The maximum atomic E-state index is 10.5. The molecular weight excluding hydrogens is 352 g/mol. The van der Waals surface area contributed by atoms with Gasteiger partial charge in [0.15, 0.2) is 0 Å². The van der Waals surface area contributed by atoms with E-state index < -0.39 is 0 Å². The fourth-order valence-corrected chi connectivity index (χ4v) is 3.25. The lowest BCUT2D eigenvalue weighted by atomic mass is 9.96. The van der Waals surface area contributed by atoms with Gasteiger partial charge < -0.3 is 5.32 Å². The molecule has 2 aromatic heterocycles. The number of nitrogens with one attached hydrogen (secondary N) is 1. The lowest BCUT2D eigenvalue weighted by Crippen LogP contribution is -2.39. The van der Waals surface area contributed by atoms with Gasteiger partial charge in [-0.2, -0.15) is 4.91 Å². The monoisotopic (exact) mass is 372 g/mol. The van der Waals surface area contributed by atoms with Gasteiger partial charge in [-0.15, -0.1) is 0 Å². The summed E-state index contributed by atoms with van der Waals surface area (Å²) in [5.41, 5.74) is 6.33. The summed E-state index contributed by atoms with van der Waals surface area (Å²) in [6, 6.07) is 13.7. The van der Waals surface area contributed by atoms with E-state index in [2.05, 4.69) is 45.6 Å². The third-order valence-electron chi connectivity index (χ3n) is 4.77. The Hall–Kier alpha value is -3.58. The van der Waals surface area contributed by atoms with Gasteiger partial charge >= 0.3 is 0 Å². The minimum absolute atomic E-state index is 0.0214. The molecule has 0 radical (unpaired) electrons. The van der Waals surface area contributed by atoms with Crippen LogP contribution in [0, 0.1) is 11.8 Å². The van der Waals surface area contributed by atoms with Gasteiger partial charge in [0.1, 0.15) is 18.2 Å². The molecule has 0 saturated heterocycles. The number of rotatable bonds is 5. The summed E-state index contributed by atoms with van der Waals surface area (Å²) >= 11 is 0. The lowest BCUT2D eigenvalue weighted by Gasteiger charge is -2.26. The second kappa shape index (κ2) is 7.58. The van der Waals surface area contributed by atoms with Crippen LogP contribution in [0.5, 0.6) is 0 Å². The summed E-state index contributed by atoms with van der Waals surface area (Å²) in [5, 5.41) is 7.70. The number of fused-ring (bicyclic) bond motifs is 1. The molecule has 0 unspecified atom stereocenters. The average Bonchev–Trinajstić information content (AvgIpc) is 2.73. The predicted octanol–water partition coefficient (Wildman–Crippen LogP) is 3.50. The summed E-state index contributed by atoms with van der Waals surface area (Å²) in [4.78, 5) is 19.1. The van der Waals surface area contributed by atoms with Crippen LogP contribution in [-0.2, 0) is 13.1 Å². The highest BCUT2D eigenvalue weighted by molar-refractivity contribution is 5.71. The molecule has 1 aliphatic rings. The maximum Gasteiger partial charge on any atom is 0.148 e. The number of nitrogens with zero attached hydrogens (tertiary/aromatic N) is 4. The lowest BCUT2D eigenvalue weighted by molar-refractivity contribution is 0.742. The number of pyridine rings is 2. The molecule has 28 heavy (non-hydrogen) atoms. The Balaban J connectivity index is 1.62. The van der Waals surface area contributed by atoms with Crippen LogP contribution in [0.2, 0.25) is 0 Å². The largest absolute Gasteiger partial charge is 0.366 e. The van der Waals surface area contributed by atoms with Gasteiger partial charge in [-0.1, -0.05) is 23.4 Å². The van der Waals surface area contributed by atoms with E-state index in [4.69, 9.17) is 5.84 Å². The molecule has 3 aromatic rings. The Morgan fingerprint density at radius 2 is 2.14 bits per heavy atom. The summed E-state index contributed by atoms with van der Waals surface area (Å²) in [5.74, 6) is 7.54. The van der Waals surface area contributed by atoms with Crippen molar-refractivity contribution in [2.24, 2.45) is 11.0 Å².